The second-order valence-corrected chi connectivity index (χ2v) is 4.47. The predicted octanol–water partition coefficient (Wildman–Crippen LogP) is 0.720. The minimum atomic E-state index is -3.37. The molecule has 1 N–H and O–H groups in total. The maximum Gasteiger partial charge on any atom is 0.274 e. The maximum absolute atomic E-state index is 11.3. The Morgan fingerprint density at radius 1 is 1.50 bits per heavy atom. The molecule has 1 aromatic rings. The Bertz CT molecular complexity index is 350. The van der Waals surface area contributed by atoms with Crippen LogP contribution < -0.4 is 4.72 Å². The van der Waals surface area contributed by atoms with Crippen molar-refractivity contribution in [3.8, 4) is 0 Å². The zero-order valence-electron chi connectivity index (χ0n) is 6.36. The first-order valence-corrected chi connectivity index (χ1v) is 5.23. The number of sulfonamides is 1. The smallest absolute Gasteiger partial charge is 0.274 e. The molecule has 1 fully saturated rings. The first-order valence-electron chi connectivity index (χ1n) is 3.74. The summed E-state index contributed by atoms with van der Waals surface area (Å²) in [5, 5.41) is -0.00519. The fourth-order valence-electron chi connectivity index (χ4n) is 0.895. The van der Waals surface area contributed by atoms with E-state index in [1.54, 1.807) is 6.07 Å². The van der Waals surface area contributed by atoms with E-state index in [4.69, 9.17) is 4.42 Å². The second kappa shape index (κ2) is 2.60. The van der Waals surface area contributed by atoms with Crippen molar-refractivity contribution in [2.75, 3.05) is 0 Å². The Kier molecular flexibility index (Phi) is 1.69. The Morgan fingerprint density at radius 3 is 2.75 bits per heavy atom. The van der Waals surface area contributed by atoms with Crippen molar-refractivity contribution in [3.63, 3.8) is 0 Å². The van der Waals surface area contributed by atoms with Gasteiger partial charge in [-0.2, -0.15) is 0 Å². The van der Waals surface area contributed by atoms with E-state index >= 15 is 0 Å². The first kappa shape index (κ1) is 7.82. The second-order valence-electron chi connectivity index (χ2n) is 2.83. The van der Waals surface area contributed by atoms with Crippen LogP contribution in [0, 0.1) is 0 Å². The average Bonchev–Trinajstić information content (AvgIpc) is 2.67. The molecule has 5 heteroatoms. The van der Waals surface area contributed by atoms with Gasteiger partial charge in [-0.05, 0) is 25.0 Å². The van der Waals surface area contributed by atoms with Crippen LogP contribution in [0.3, 0.4) is 0 Å². The highest BCUT2D eigenvalue weighted by Crippen LogP contribution is 2.22. The lowest BCUT2D eigenvalue weighted by atomic mass is 10.7. The fourth-order valence-corrected chi connectivity index (χ4v) is 2.13. The Morgan fingerprint density at radius 2 is 2.25 bits per heavy atom. The summed E-state index contributed by atoms with van der Waals surface area (Å²) in [5.74, 6) is 0. The van der Waals surface area contributed by atoms with Crippen molar-refractivity contribution >= 4 is 10.0 Å². The van der Waals surface area contributed by atoms with Crippen LogP contribution >= 0.6 is 0 Å². The monoisotopic (exact) mass is 187 g/mol. The molecule has 1 aromatic heterocycles. The summed E-state index contributed by atoms with van der Waals surface area (Å²) in [7, 11) is -3.37. The minimum absolute atomic E-state index is 0.00519. The van der Waals surface area contributed by atoms with Crippen LogP contribution in [0.15, 0.2) is 27.9 Å². The van der Waals surface area contributed by atoms with E-state index in [2.05, 4.69) is 4.72 Å². The van der Waals surface area contributed by atoms with Gasteiger partial charge < -0.3 is 4.42 Å². The quantitative estimate of drug-likeness (QED) is 0.758. The van der Waals surface area contributed by atoms with Gasteiger partial charge in [0.25, 0.3) is 10.0 Å². The third kappa shape index (κ3) is 1.51. The van der Waals surface area contributed by atoms with Crippen LogP contribution in [0.25, 0.3) is 0 Å². The number of hydrogen-bond acceptors (Lipinski definition) is 3. The summed E-state index contributed by atoms with van der Waals surface area (Å²) in [6, 6.07) is 3.12. The van der Waals surface area contributed by atoms with Crippen LogP contribution in [0.5, 0.6) is 0 Å². The summed E-state index contributed by atoms with van der Waals surface area (Å²) in [5.41, 5.74) is 0. The summed E-state index contributed by atoms with van der Waals surface area (Å²) < 4.78 is 30.0. The van der Waals surface area contributed by atoms with E-state index in [1.807, 2.05) is 0 Å². The van der Waals surface area contributed by atoms with Crippen LogP contribution in [0.2, 0.25) is 0 Å². The van der Waals surface area contributed by atoms with E-state index in [1.165, 1.54) is 12.3 Å². The Balaban J connectivity index is 2.20. The zero-order valence-corrected chi connectivity index (χ0v) is 7.17. The molecular weight excluding hydrogens is 178 g/mol. The number of furan rings is 1. The number of hydrogen-bond donors (Lipinski definition) is 1. The zero-order chi connectivity index (χ0) is 8.60. The highest BCUT2D eigenvalue weighted by atomic mass is 32.2. The van der Waals surface area contributed by atoms with Crippen molar-refractivity contribution in [2.45, 2.75) is 24.0 Å². The SMILES string of the molecule is O=S(=O)(NC1CC1)c1ccco1. The highest BCUT2D eigenvalue weighted by Gasteiger charge is 2.29. The fraction of sp³-hybridized carbons (Fsp3) is 0.429. The largest absolute Gasteiger partial charge is 0.452 e. The molecule has 0 unspecified atom stereocenters. The lowest BCUT2D eigenvalue weighted by molar-refractivity contribution is 0.445. The Labute approximate surface area is 70.6 Å². The maximum atomic E-state index is 11.3. The van der Waals surface area contributed by atoms with Gasteiger partial charge in [-0.1, -0.05) is 0 Å². The molecule has 0 spiro atoms. The topological polar surface area (TPSA) is 59.3 Å². The molecule has 1 heterocycles. The van der Waals surface area contributed by atoms with Crippen molar-refractivity contribution in [1.82, 2.24) is 4.72 Å². The molecule has 0 saturated heterocycles. The van der Waals surface area contributed by atoms with Gasteiger partial charge in [0.1, 0.15) is 0 Å². The molecule has 1 aliphatic carbocycles. The number of nitrogens with one attached hydrogen (secondary N) is 1. The summed E-state index contributed by atoms with van der Waals surface area (Å²) in [6.07, 6.45) is 3.21. The molecule has 0 atom stereocenters. The molecule has 0 aromatic carbocycles. The summed E-state index contributed by atoms with van der Waals surface area (Å²) in [4.78, 5) is 0. The van der Waals surface area contributed by atoms with Crippen LogP contribution in [-0.2, 0) is 10.0 Å². The third-order valence-corrected chi connectivity index (χ3v) is 3.06. The van der Waals surface area contributed by atoms with Gasteiger partial charge in [0.05, 0.1) is 6.26 Å². The molecule has 0 bridgehead atoms. The first-order chi connectivity index (χ1) is 5.68. The normalized spacial score (nSPS) is 18.0. The van der Waals surface area contributed by atoms with Gasteiger partial charge in [0.2, 0.25) is 5.09 Å². The van der Waals surface area contributed by atoms with Crippen molar-refractivity contribution in [1.29, 1.82) is 0 Å². The minimum Gasteiger partial charge on any atom is -0.452 e. The molecule has 0 aliphatic heterocycles. The van der Waals surface area contributed by atoms with Crippen molar-refractivity contribution in [3.05, 3.63) is 18.4 Å². The van der Waals surface area contributed by atoms with Crippen LogP contribution in [0.4, 0.5) is 0 Å². The summed E-state index contributed by atoms with van der Waals surface area (Å²) >= 11 is 0. The molecule has 12 heavy (non-hydrogen) atoms. The lowest BCUT2D eigenvalue weighted by Crippen LogP contribution is -2.25. The van der Waals surface area contributed by atoms with Crippen LogP contribution in [-0.4, -0.2) is 14.5 Å². The molecule has 1 saturated carbocycles. The van der Waals surface area contributed by atoms with Crippen molar-refractivity contribution in [2.24, 2.45) is 0 Å². The molecule has 2 rings (SSSR count). The van der Waals surface area contributed by atoms with E-state index in [9.17, 15) is 8.42 Å². The van der Waals surface area contributed by atoms with E-state index in [0.29, 0.717) is 0 Å². The molecule has 66 valence electrons. The highest BCUT2D eigenvalue weighted by molar-refractivity contribution is 7.89. The third-order valence-electron chi connectivity index (χ3n) is 1.66. The van der Waals surface area contributed by atoms with E-state index in [0.717, 1.165) is 12.8 Å². The predicted molar refractivity (Wildman–Crippen MR) is 42.1 cm³/mol. The molecule has 4 nitrogen and oxygen atoms in total. The standard InChI is InChI=1S/C7H9NO3S/c9-12(10,8-6-3-4-6)7-2-1-5-11-7/h1-2,5-6,8H,3-4H2. The molecule has 1 aliphatic rings. The molecule has 0 amide bonds. The van der Waals surface area contributed by atoms with Crippen molar-refractivity contribution < 1.29 is 12.8 Å². The van der Waals surface area contributed by atoms with E-state index in [-0.39, 0.29) is 11.1 Å². The van der Waals surface area contributed by atoms with Gasteiger partial charge >= 0.3 is 0 Å². The van der Waals surface area contributed by atoms with Crippen LogP contribution in [0.1, 0.15) is 12.8 Å². The lowest BCUT2D eigenvalue weighted by Gasteiger charge is -1.99. The molecular formula is C7H9NO3S. The Hall–Kier alpha value is -0.810. The summed E-state index contributed by atoms with van der Waals surface area (Å²) in [6.45, 7) is 0. The van der Waals surface area contributed by atoms with E-state index < -0.39 is 10.0 Å². The average molecular weight is 187 g/mol. The van der Waals surface area contributed by atoms with Gasteiger partial charge in [-0.25, -0.2) is 13.1 Å². The van der Waals surface area contributed by atoms with Gasteiger partial charge in [0, 0.05) is 6.04 Å². The molecule has 0 radical (unpaired) electrons. The van der Waals surface area contributed by atoms with Gasteiger partial charge in [-0.15, -0.1) is 0 Å². The number of rotatable bonds is 3. The van der Waals surface area contributed by atoms with Gasteiger partial charge in [0.15, 0.2) is 0 Å². The van der Waals surface area contributed by atoms with Gasteiger partial charge in [-0.3, -0.25) is 0 Å².